The van der Waals surface area contributed by atoms with Crippen molar-refractivity contribution in [2.75, 3.05) is 11.4 Å². The van der Waals surface area contributed by atoms with Crippen LogP contribution in [0.15, 0.2) is 115 Å². The van der Waals surface area contributed by atoms with Crippen molar-refractivity contribution in [1.29, 1.82) is 0 Å². The van der Waals surface area contributed by atoms with Gasteiger partial charge in [0.05, 0.1) is 6.42 Å². The number of rotatable bonds is 8. The van der Waals surface area contributed by atoms with E-state index in [2.05, 4.69) is 18.7 Å². The van der Waals surface area contributed by atoms with Crippen LogP contribution in [0.5, 0.6) is 0 Å². The Bertz CT molecular complexity index is 1090. The monoisotopic (exact) mass is 425 g/mol. The van der Waals surface area contributed by atoms with Gasteiger partial charge in [-0.2, -0.15) is 0 Å². The van der Waals surface area contributed by atoms with E-state index < -0.39 is 11.6 Å². The number of hydrogen-bond donors (Lipinski definition) is 1. The van der Waals surface area contributed by atoms with Gasteiger partial charge < -0.3 is 14.7 Å². The summed E-state index contributed by atoms with van der Waals surface area (Å²) in [6, 6.07) is 29.3. The highest BCUT2D eigenvalue weighted by Gasteiger charge is 2.44. The van der Waals surface area contributed by atoms with Gasteiger partial charge in [0.25, 0.3) is 0 Å². The molecule has 0 saturated carbocycles. The normalized spacial score (nSPS) is 18.2. The standard InChI is InChI=1S/C28H27NO3/c1-2-20-29(24-16-10-5-11-17-24)26-25(30)21-28(32-27(26)31,23-14-8-4-9-15-23)19-18-22-12-6-3-7-13-22/h2-17,30H,1,18-21H2. The molecule has 0 aliphatic carbocycles. The molecule has 3 aromatic carbocycles. The predicted octanol–water partition coefficient (Wildman–Crippen LogP) is 5.92. The first kappa shape index (κ1) is 21.4. The maximum atomic E-state index is 13.4. The van der Waals surface area contributed by atoms with Gasteiger partial charge in [-0.25, -0.2) is 4.79 Å². The zero-order chi connectivity index (χ0) is 22.4. The van der Waals surface area contributed by atoms with Crippen LogP contribution in [-0.4, -0.2) is 17.6 Å². The molecule has 0 spiro atoms. The fourth-order valence-corrected chi connectivity index (χ4v) is 4.24. The molecule has 1 aliphatic heterocycles. The van der Waals surface area contributed by atoms with Crippen molar-refractivity contribution < 1.29 is 14.6 Å². The average Bonchev–Trinajstić information content (AvgIpc) is 2.83. The molecular weight excluding hydrogens is 398 g/mol. The molecule has 0 aromatic heterocycles. The van der Waals surface area contributed by atoms with E-state index >= 15 is 0 Å². The first-order valence-electron chi connectivity index (χ1n) is 10.8. The molecule has 162 valence electrons. The molecule has 1 unspecified atom stereocenters. The van der Waals surface area contributed by atoms with Crippen molar-refractivity contribution in [3.63, 3.8) is 0 Å². The molecule has 3 aromatic rings. The molecule has 0 amide bonds. The lowest BCUT2D eigenvalue weighted by atomic mass is 9.82. The number of aryl methyl sites for hydroxylation is 1. The van der Waals surface area contributed by atoms with E-state index in [-0.39, 0.29) is 17.9 Å². The van der Waals surface area contributed by atoms with Crippen LogP contribution >= 0.6 is 0 Å². The number of benzene rings is 3. The number of esters is 1. The van der Waals surface area contributed by atoms with Gasteiger partial charge in [-0.3, -0.25) is 0 Å². The van der Waals surface area contributed by atoms with Gasteiger partial charge in [0, 0.05) is 12.2 Å². The van der Waals surface area contributed by atoms with Crippen LogP contribution in [0.2, 0.25) is 0 Å². The topological polar surface area (TPSA) is 49.8 Å². The Morgan fingerprint density at radius 1 is 0.938 bits per heavy atom. The minimum atomic E-state index is -0.932. The Hall–Kier alpha value is -3.79. The first-order valence-corrected chi connectivity index (χ1v) is 10.8. The highest BCUT2D eigenvalue weighted by Crippen LogP contribution is 2.42. The number of para-hydroxylation sites is 1. The summed E-state index contributed by atoms with van der Waals surface area (Å²) in [7, 11) is 0. The number of cyclic esters (lactones) is 1. The first-order chi connectivity index (χ1) is 15.6. The van der Waals surface area contributed by atoms with Crippen LogP contribution in [0.1, 0.15) is 24.0 Å². The van der Waals surface area contributed by atoms with Crippen LogP contribution in [-0.2, 0) is 21.6 Å². The summed E-state index contributed by atoms with van der Waals surface area (Å²) in [5.74, 6) is -0.500. The zero-order valence-electron chi connectivity index (χ0n) is 18.0. The lowest BCUT2D eigenvalue weighted by Gasteiger charge is -2.40. The van der Waals surface area contributed by atoms with E-state index in [1.54, 1.807) is 11.0 Å². The third-order valence-electron chi connectivity index (χ3n) is 5.82. The second kappa shape index (κ2) is 9.56. The van der Waals surface area contributed by atoms with E-state index in [0.29, 0.717) is 13.0 Å². The van der Waals surface area contributed by atoms with Crippen LogP contribution < -0.4 is 4.90 Å². The maximum Gasteiger partial charge on any atom is 0.359 e. The number of aliphatic hydroxyl groups excluding tert-OH is 1. The van der Waals surface area contributed by atoms with E-state index in [1.165, 1.54) is 0 Å². The third-order valence-corrected chi connectivity index (χ3v) is 5.82. The highest BCUT2D eigenvalue weighted by molar-refractivity contribution is 5.94. The van der Waals surface area contributed by atoms with Crippen LogP contribution in [0.25, 0.3) is 0 Å². The van der Waals surface area contributed by atoms with Gasteiger partial charge in [0.15, 0.2) is 5.70 Å². The average molecular weight is 426 g/mol. The molecule has 4 rings (SSSR count). The van der Waals surface area contributed by atoms with Crippen molar-refractivity contribution in [3.8, 4) is 0 Å². The van der Waals surface area contributed by atoms with Gasteiger partial charge >= 0.3 is 5.97 Å². The molecule has 0 fully saturated rings. The molecule has 0 radical (unpaired) electrons. The van der Waals surface area contributed by atoms with Crippen LogP contribution in [0.4, 0.5) is 5.69 Å². The van der Waals surface area contributed by atoms with Crippen molar-refractivity contribution in [1.82, 2.24) is 0 Å². The summed E-state index contributed by atoms with van der Waals surface area (Å²) in [6.07, 6.45) is 3.21. The van der Waals surface area contributed by atoms with E-state index in [4.69, 9.17) is 4.74 Å². The molecule has 32 heavy (non-hydrogen) atoms. The quantitative estimate of drug-likeness (QED) is 0.359. The number of carbonyl (C=O) groups excluding carboxylic acids is 1. The largest absolute Gasteiger partial charge is 0.510 e. The van der Waals surface area contributed by atoms with Crippen molar-refractivity contribution in [2.24, 2.45) is 0 Å². The lowest BCUT2D eigenvalue weighted by molar-refractivity contribution is -0.161. The number of carbonyl (C=O) groups is 1. The number of anilines is 1. The molecule has 1 aliphatic rings. The number of hydrogen-bond acceptors (Lipinski definition) is 4. The lowest BCUT2D eigenvalue weighted by Crippen LogP contribution is -2.43. The Morgan fingerprint density at radius 2 is 1.53 bits per heavy atom. The van der Waals surface area contributed by atoms with Gasteiger partial charge in [-0.1, -0.05) is 84.9 Å². The third kappa shape index (κ3) is 4.45. The van der Waals surface area contributed by atoms with Gasteiger partial charge in [-0.05, 0) is 36.1 Å². The van der Waals surface area contributed by atoms with Gasteiger partial charge in [-0.15, -0.1) is 6.58 Å². The van der Waals surface area contributed by atoms with Gasteiger partial charge in [0.1, 0.15) is 11.4 Å². The molecule has 0 bridgehead atoms. The van der Waals surface area contributed by atoms with Crippen molar-refractivity contribution >= 4 is 11.7 Å². The molecule has 4 heteroatoms. The zero-order valence-corrected chi connectivity index (χ0v) is 18.0. The minimum Gasteiger partial charge on any atom is -0.510 e. The van der Waals surface area contributed by atoms with E-state index in [0.717, 1.165) is 23.2 Å². The Kier molecular flexibility index (Phi) is 6.41. The van der Waals surface area contributed by atoms with Crippen molar-refractivity contribution in [3.05, 3.63) is 126 Å². The summed E-state index contributed by atoms with van der Waals surface area (Å²) in [5, 5.41) is 11.2. The summed E-state index contributed by atoms with van der Waals surface area (Å²) < 4.78 is 6.18. The van der Waals surface area contributed by atoms with Crippen LogP contribution in [0.3, 0.4) is 0 Å². The summed E-state index contributed by atoms with van der Waals surface area (Å²) in [5.41, 5.74) is 2.07. The summed E-state index contributed by atoms with van der Waals surface area (Å²) in [4.78, 5) is 15.1. The SMILES string of the molecule is C=CCN(C1=C(O)CC(CCc2ccccc2)(c2ccccc2)OC1=O)c1ccccc1. The molecule has 1 heterocycles. The highest BCUT2D eigenvalue weighted by atomic mass is 16.6. The fraction of sp³-hybridized carbons (Fsp3) is 0.179. The Morgan fingerprint density at radius 3 is 2.12 bits per heavy atom. The Balaban J connectivity index is 1.72. The molecule has 0 saturated heterocycles. The maximum absolute atomic E-state index is 13.4. The smallest absolute Gasteiger partial charge is 0.359 e. The number of aliphatic hydroxyl groups is 1. The summed E-state index contributed by atoms with van der Waals surface area (Å²) in [6.45, 7) is 4.19. The fourth-order valence-electron chi connectivity index (χ4n) is 4.24. The minimum absolute atomic E-state index is 0.0314. The second-order valence-corrected chi connectivity index (χ2v) is 7.94. The molecule has 1 atom stereocenters. The molecular formula is C28H27NO3. The molecule has 1 N–H and O–H groups in total. The number of ether oxygens (including phenoxy) is 1. The van der Waals surface area contributed by atoms with E-state index in [9.17, 15) is 9.90 Å². The molecule has 4 nitrogen and oxygen atoms in total. The second-order valence-electron chi connectivity index (χ2n) is 7.94. The van der Waals surface area contributed by atoms with Gasteiger partial charge in [0.2, 0.25) is 0 Å². The van der Waals surface area contributed by atoms with Crippen LogP contribution in [0, 0.1) is 0 Å². The Labute approximate surface area is 189 Å². The summed E-state index contributed by atoms with van der Waals surface area (Å²) >= 11 is 0. The van der Waals surface area contributed by atoms with Crippen molar-refractivity contribution in [2.45, 2.75) is 24.9 Å². The van der Waals surface area contributed by atoms with E-state index in [1.807, 2.05) is 78.9 Å². The predicted molar refractivity (Wildman–Crippen MR) is 127 cm³/mol. The number of nitrogens with zero attached hydrogens (tertiary/aromatic N) is 1.